The molecule has 3 aromatic rings. The number of halogens is 3. The molecule has 1 aliphatic heterocycles. The lowest BCUT2D eigenvalue weighted by atomic mass is 9.71. The molecule has 0 amide bonds. The third-order valence-electron chi connectivity index (χ3n) is 7.90. The van der Waals surface area contributed by atoms with Crippen molar-refractivity contribution in [2.24, 2.45) is 0 Å². The van der Waals surface area contributed by atoms with Gasteiger partial charge in [0.2, 0.25) is 0 Å². The molecule has 4 rings (SSSR count). The minimum absolute atomic E-state index is 0.0361. The molecular formula is C29H34F3N3O. The molecule has 2 heterocycles. The van der Waals surface area contributed by atoms with E-state index in [4.69, 9.17) is 0 Å². The third kappa shape index (κ3) is 4.67. The van der Waals surface area contributed by atoms with Crippen molar-refractivity contribution in [3.63, 3.8) is 0 Å². The molecule has 0 aliphatic carbocycles. The molecule has 0 saturated heterocycles. The maximum atomic E-state index is 13.8. The third-order valence-corrected chi connectivity index (χ3v) is 7.90. The van der Waals surface area contributed by atoms with Gasteiger partial charge in [-0.2, -0.15) is 18.3 Å². The number of aryl methyl sites for hydroxylation is 1. The highest BCUT2D eigenvalue weighted by molar-refractivity contribution is 6.01. The molecule has 1 aromatic heterocycles. The summed E-state index contributed by atoms with van der Waals surface area (Å²) in [7, 11) is 0. The predicted molar refractivity (Wildman–Crippen MR) is 136 cm³/mol. The van der Waals surface area contributed by atoms with E-state index < -0.39 is 17.2 Å². The van der Waals surface area contributed by atoms with Crippen LogP contribution in [0, 0.1) is 6.92 Å². The molecule has 1 unspecified atom stereocenters. The van der Waals surface area contributed by atoms with Crippen LogP contribution < -0.4 is 5.32 Å². The lowest BCUT2D eigenvalue weighted by Crippen LogP contribution is -2.38. The number of ketones is 1. The number of rotatable bonds is 7. The highest BCUT2D eigenvalue weighted by atomic mass is 19.4. The van der Waals surface area contributed by atoms with E-state index in [0.717, 1.165) is 24.1 Å². The first-order valence-corrected chi connectivity index (χ1v) is 12.5. The zero-order valence-corrected chi connectivity index (χ0v) is 21.5. The summed E-state index contributed by atoms with van der Waals surface area (Å²) in [5, 5.41) is 8.16. The van der Waals surface area contributed by atoms with Gasteiger partial charge in [-0.3, -0.25) is 4.79 Å². The maximum Gasteiger partial charge on any atom is 0.416 e. The summed E-state index contributed by atoms with van der Waals surface area (Å²) in [6.07, 6.45) is -0.473. The van der Waals surface area contributed by atoms with Gasteiger partial charge in [-0.25, -0.2) is 4.68 Å². The van der Waals surface area contributed by atoms with Crippen molar-refractivity contribution in [2.75, 3.05) is 5.32 Å². The van der Waals surface area contributed by atoms with E-state index in [-0.39, 0.29) is 23.8 Å². The van der Waals surface area contributed by atoms with Crippen LogP contribution in [0.3, 0.4) is 0 Å². The fraction of sp³-hybridized carbons (Fsp3) is 0.448. The predicted octanol–water partition coefficient (Wildman–Crippen LogP) is 7.83. The molecule has 0 spiro atoms. The Morgan fingerprint density at radius 3 is 2.25 bits per heavy atom. The Labute approximate surface area is 210 Å². The lowest BCUT2D eigenvalue weighted by molar-refractivity contribution is -0.137. The van der Waals surface area contributed by atoms with E-state index in [9.17, 15) is 18.0 Å². The standard InChI is InChI=1S/C29H34F3N3O/c1-6-28(7-2,20-12-14-21(15-13-20)29(30,31)32)17-25(36)23-18-33-35-26(23)34-24(16-27(35,4)5)22-11-9-8-10-19(22)3/h8-15,18,24,34H,6-7,16-17H2,1-5H3. The van der Waals surface area contributed by atoms with Crippen molar-refractivity contribution in [3.05, 3.63) is 82.5 Å². The number of fused-ring (bicyclic) bond motifs is 1. The summed E-state index contributed by atoms with van der Waals surface area (Å²) in [6, 6.07) is 13.5. The molecule has 4 nitrogen and oxygen atoms in total. The average molecular weight is 498 g/mol. The van der Waals surface area contributed by atoms with Crippen LogP contribution in [0.5, 0.6) is 0 Å². The summed E-state index contributed by atoms with van der Waals surface area (Å²) >= 11 is 0. The van der Waals surface area contributed by atoms with Crippen LogP contribution in [0.15, 0.2) is 54.7 Å². The second kappa shape index (κ2) is 9.41. The van der Waals surface area contributed by atoms with Gasteiger partial charge in [0.25, 0.3) is 0 Å². The van der Waals surface area contributed by atoms with Gasteiger partial charge in [-0.1, -0.05) is 50.2 Å². The Morgan fingerprint density at radius 2 is 1.67 bits per heavy atom. The van der Waals surface area contributed by atoms with Crippen LogP contribution >= 0.6 is 0 Å². The number of anilines is 1. The summed E-state index contributed by atoms with van der Waals surface area (Å²) in [5.74, 6) is 0.645. The van der Waals surface area contributed by atoms with Gasteiger partial charge in [0, 0.05) is 11.8 Å². The Bertz CT molecular complexity index is 1240. The number of Topliss-reactive ketones (excluding diaryl/α,β-unsaturated/α-hetero) is 1. The van der Waals surface area contributed by atoms with Crippen LogP contribution in [0.1, 0.15) is 92.0 Å². The molecule has 0 fully saturated rings. The molecule has 0 saturated carbocycles. The zero-order valence-electron chi connectivity index (χ0n) is 21.5. The van der Waals surface area contributed by atoms with Crippen molar-refractivity contribution in [1.29, 1.82) is 0 Å². The van der Waals surface area contributed by atoms with E-state index in [0.29, 0.717) is 24.2 Å². The quantitative estimate of drug-likeness (QED) is 0.338. The van der Waals surface area contributed by atoms with Gasteiger partial charge >= 0.3 is 6.18 Å². The second-order valence-electron chi connectivity index (χ2n) is 10.6. The first-order valence-electron chi connectivity index (χ1n) is 12.5. The largest absolute Gasteiger partial charge is 0.416 e. The van der Waals surface area contributed by atoms with E-state index in [2.05, 4.69) is 43.3 Å². The van der Waals surface area contributed by atoms with Crippen molar-refractivity contribution < 1.29 is 18.0 Å². The average Bonchev–Trinajstić information content (AvgIpc) is 3.27. The van der Waals surface area contributed by atoms with E-state index in [1.165, 1.54) is 23.3 Å². The maximum absolute atomic E-state index is 13.8. The second-order valence-corrected chi connectivity index (χ2v) is 10.6. The summed E-state index contributed by atoms with van der Waals surface area (Å²) in [5.41, 5.74) is 2.11. The first-order chi connectivity index (χ1) is 16.9. The number of nitrogens with one attached hydrogen (secondary N) is 1. The molecule has 192 valence electrons. The van der Waals surface area contributed by atoms with E-state index in [1.807, 2.05) is 30.7 Å². The molecule has 7 heteroatoms. The smallest absolute Gasteiger partial charge is 0.363 e. The fourth-order valence-corrected chi connectivity index (χ4v) is 5.54. The first kappa shape index (κ1) is 26.0. The number of hydrogen-bond donors (Lipinski definition) is 1. The van der Waals surface area contributed by atoms with Crippen LogP contribution in [0.2, 0.25) is 0 Å². The Morgan fingerprint density at radius 1 is 1.06 bits per heavy atom. The van der Waals surface area contributed by atoms with Gasteiger partial charge in [0.1, 0.15) is 5.82 Å². The number of hydrogen-bond acceptors (Lipinski definition) is 3. The zero-order chi connectivity index (χ0) is 26.3. The van der Waals surface area contributed by atoms with Crippen molar-refractivity contribution in [3.8, 4) is 0 Å². The monoisotopic (exact) mass is 497 g/mol. The number of alkyl halides is 3. The normalized spacial score (nSPS) is 17.4. The van der Waals surface area contributed by atoms with Crippen molar-refractivity contribution >= 4 is 11.6 Å². The molecule has 1 atom stereocenters. The number of carbonyl (C=O) groups excluding carboxylic acids is 1. The molecule has 0 radical (unpaired) electrons. The van der Waals surface area contributed by atoms with Gasteiger partial charge in [-0.15, -0.1) is 0 Å². The molecular weight excluding hydrogens is 463 g/mol. The minimum Gasteiger partial charge on any atom is -0.363 e. The highest BCUT2D eigenvalue weighted by Crippen LogP contribution is 2.43. The van der Waals surface area contributed by atoms with Crippen LogP contribution in [-0.4, -0.2) is 15.6 Å². The number of nitrogens with zero attached hydrogens (tertiary/aromatic N) is 2. The van der Waals surface area contributed by atoms with E-state index in [1.54, 1.807) is 6.20 Å². The summed E-state index contributed by atoms with van der Waals surface area (Å²) in [6.45, 7) is 10.3. The summed E-state index contributed by atoms with van der Waals surface area (Å²) in [4.78, 5) is 13.8. The lowest BCUT2D eigenvalue weighted by Gasteiger charge is -2.39. The molecule has 1 aliphatic rings. The number of benzene rings is 2. The highest BCUT2D eigenvalue weighted by Gasteiger charge is 2.39. The fourth-order valence-electron chi connectivity index (χ4n) is 5.54. The van der Waals surface area contributed by atoms with Crippen LogP contribution in [0.25, 0.3) is 0 Å². The Balaban J connectivity index is 1.67. The van der Waals surface area contributed by atoms with Gasteiger partial charge in [0.15, 0.2) is 5.78 Å². The van der Waals surface area contributed by atoms with Gasteiger partial charge < -0.3 is 5.32 Å². The van der Waals surface area contributed by atoms with Crippen molar-refractivity contribution in [2.45, 2.75) is 83.5 Å². The Hall–Kier alpha value is -3.09. The molecule has 36 heavy (non-hydrogen) atoms. The van der Waals surface area contributed by atoms with Gasteiger partial charge in [0.05, 0.1) is 28.9 Å². The molecule has 0 bridgehead atoms. The van der Waals surface area contributed by atoms with Crippen LogP contribution in [-0.2, 0) is 17.1 Å². The summed E-state index contributed by atoms with van der Waals surface area (Å²) < 4.78 is 41.2. The SMILES string of the molecule is CCC(CC)(CC(=O)c1cnn2c1NC(c1ccccc1C)CC2(C)C)c1ccc(C(F)(F)F)cc1. The topological polar surface area (TPSA) is 46.9 Å². The van der Waals surface area contributed by atoms with E-state index >= 15 is 0 Å². The number of aromatic nitrogens is 2. The number of carbonyl (C=O) groups is 1. The Kier molecular flexibility index (Phi) is 6.80. The molecule has 2 aromatic carbocycles. The van der Waals surface area contributed by atoms with Crippen LogP contribution in [0.4, 0.5) is 19.0 Å². The molecule has 1 N–H and O–H groups in total. The minimum atomic E-state index is -4.39. The van der Waals surface area contributed by atoms with Gasteiger partial charge in [-0.05, 0) is 68.9 Å². The van der Waals surface area contributed by atoms with Crippen molar-refractivity contribution in [1.82, 2.24) is 9.78 Å².